The minimum absolute atomic E-state index is 0.0350. The van der Waals surface area contributed by atoms with Gasteiger partial charge in [-0.2, -0.15) is 4.72 Å². The van der Waals surface area contributed by atoms with E-state index in [1.54, 1.807) is 0 Å². The summed E-state index contributed by atoms with van der Waals surface area (Å²) in [5, 5.41) is 3.00. The average molecular weight is 411 g/mol. The number of carbonyl (C=O) groups is 2. The lowest BCUT2D eigenvalue weighted by molar-refractivity contribution is -0.149. The van der Waals surface area contributed by atoms with E-state index in [1.165, 1.54) is 31.2 Å². The minimum Gasteiger partial charge on any atom is -0.454 e. The predicted molar refractivity (Wildman–Crippen MR) is 100 cm³/mol. The summed E-state index contributed by atoms with van der Waals surface area (Å²) < 4.78 is 31.5. The van der Waals surface area contributed by atoms with Gasteiger partial charge < -0.3 is 10.1 Å². The minimum atomic E-state index is -3.92. The van der Waals surface area contributed by atoms with Gasteiger partial charge in [0, 0.05) is 11.6 Å². The molecule has 0 radical (unpaired) electrons. The van der Waals surface area contributed by atoms with E-state index in [0.29, 0.717) is 11.6 Å². The lowest BCUT2D eigenvalue weighted by atomic mass is 10.2. The quantitative estimate of drug-likeness (QED) is 0.647. The Labute approximate surface area is 162 Å². The maximum Gasteiger partial charge on any atom is 0.324 e. The number of halogens is 1. The smallest absolute Gasteiger partial charge is 0.324 e. The summed E-state index contributed by atoms with van der Waals surface area (Å²) in [5.41, 5.74) is 0.904. The molecule has 7 nitrogen and oxygen atoms in total. The maximum atomic E-state index is 12.2. The molecule has 2 N–H and O–H groups in total. The van der Waals surface area contributed by atoms with Crippen LogP contribution in [0.25, 0.3) is 0 Å². The van der Waals surface area contributed by atoms with Crippen molar-refractivity contribution in [3.8, 4) is 0 Å². The first-order valence-corrected chi connectivity index (χ1v) is 9.89. The summed E-state index contributed by atoms with van der Waals surface area (Å²) in [4.78, 5) is 23.6. The van der Waals surface area contributed by atoms with Crippen molar-refractivity contribution in [2.24, 2.45) is 0 Å². The molecule has 0 saturated heterocycles. The van der Waals surface area contributed by atoms with Gasteiger partial charge in [-0.05, 0) is 36.8 Å². The van der Waals surface area contributed by atoms with Crippen LogP contribution in [-0.2, 0) is 30.9 Å². The number of carbonyl (C=O) groups excluding carboxylic acids is 2. The van der Waals surface area contributed by atoms with Gasteiger partial charge in [0.25, 0.3) is 5.91 Å². The van der Waals surface area contributed by atoms with Gasteiger partial charge in [-0.3, -0.25) is 9.59 Å². The van der Waals surface area contributed by atoms with E-state index in [9.17, 15) is 18.0 Å². The second-order valence-corrected chi connectivity index (χ2v) is 7.82. The normalized spacial score (nSPS) is 12.2. The molecule has 0 bridgehead atoms. The van der Waals surface area contributed by atoms with Crippen molar-refractivity contribution in [3.05, 3.63) is 65.2 Å². The first kappa shape index (κ1) is 20.9. The second kappa shape index (κ2) is 9.50. The molecule has 0 spiro atoms. The number of ether oxygens (including phenoxy) is 1. The molecule has 2 aromatic rings. The van der Waals surface area contributed by atoms with Crippen molar-refractivity contribution in [2.75, 3.05) is 6.61 Å². The highest BCUT2D eigenvalue weighted by Crippen LogP contribution is 2.14. The standard InChI is InChI=1S/C18H19ClN2O5S/c1-13(21-27(24,25)16-9-7-15(19)8-10-16)18(23)26-12-17(22)20-11-14-5-3-2-4-6-14/h2-10,13,21H,11-12H2,1H3,(H,20,22)/t13-/m0/s1. The summed E-state index contributed by atoms with van der Waals surface area (Å²) in [6.07, 6.45) is 0. The lowest BCUT2D eigenvalue weighted by Crippen LogP contribution is -2.40. The fourth-order valence-electron chi connectivity index (χ4n) is 2.07. The highest BCUT2D eigenvalue weighted by Gasteiger charge is 2.23. The van der Waals surface area contributed by atoms with Crippen LogP contribution in [0.3, 0.4) is 0 Å². The van der Waals surface area contributed by atoms with Crippen LogP contribution < -0.4 is 10.0 Å². The van der Waals surface area contributed by atoms with E-state index < -0.39 is 34.5 Å². The molecule has 1 amide bonds. The van der Waals surface area contributed by atoms with Gasteiger partial charge in [0.1, 0.15) is 6.04 Å². The number of hydrogen-bond donors (Lipinski definition) is 2. The van der Waals surface area contributed by atoms with Crippen LogP contribution >= 0.6 is 11.6 Å². The van der Waals surface area contributed by atoms with E-state index in [1.807, 2.05) is 30.3 Å². The van der Waals surface area contributed by atoms with Crippen molar-refractivity contribution in [1.82, 2.24) is 10.0 Å². The molecular formula is C18H19ClN2O5S. The van der Waals surface area contributed by atoms with E-state index in [0.717, 1.165) is 5.56 Å². The molecule has 9 heteroatoms. The molecule has 0 saturated carbocycles. The third-order valence-corrected chi connectivity index (χ3v) is 5.30. The van der Waals surface area contributed by atoms with Crippen molar-refractivity contribution in [3.63, 3.8) is 0 Å². The predicted octanol–water partition coefficient (Wildman–Crippen LogP) is 1.87. The van der Waals surface area contributed by atoms with E-state index >= 15 is 0 Å². The molecular weight excluding hydrogens is 392 g/mol. The van der Waals surface area contributed by atoms with Crippen LogP contribution in [0.15, 0.2) is 59.5 Å². The molecule has 2 aromatic carbocycles. The Bertz CT molecular complexity index is 886. The molecule has 144 valence electrons. The Morgan fingerprint density at radius 2 is 1.70 bits per heavy atom. The summed E-state index contributed by atoms with van der Waals surface area (Å²) in [7, 11) is -3.92. The number of nitrogens with one attached hydrogen (secondary N) is 2. The fraction of sp³-hybridized carbons (Fsp3) is 0.222. The SMILES string of the molecule is C[C@H](NS(=O)(=O)c1ccc(Cl)cc1)C(=O)OCC(=O)NCc1ccccc1. The van der Waals surface area contributed by atoms with Gasteiger partial charge in [0.2, 0.25) is 10.0 Å². The molecule has 1 atom stereocenters. The zero-order valence-electron chi connectivity index (χ0n) is 14.5. The van der Waals surface area contributed by atoms with Crippen molar-refractivity contribution in [1.29, 1.82) is 0 Å². The molecule has 0 heterocycles. The maximum absolute atomic E-state index is 12.2. The summed E-state index contributed by atoms with van der Waals surface area (Å²) in [6, 6.07) is 13.6. The largest absolute Gasteiger partial charge is 0.454 e. The van der Waals surface area contributed by atoms with Crippen molar-refractivity contribution in [2.45, 2.75) is 24.4 Å². The average Bonchev–Trinajstić information content (AvgIpc) is 2.65. The van der Waals surface area contributed by atoms with Crippen LogP contribution in [-0.4, -0.2) is 32.9 Å². The molecule has 2 rings (SSSR count). The number of amides is 1. The van der Waals surface area contributed by atoms with Crippen LogP contribution in [0.5, 0.6) is 0 Å². The van der Waals surface area contributed by atoms with Crippen LogP contribution in [0.4, 0.5) is 0 Å². The molecule has 0 aliphatic carbocycles. The Kier molecular flexibility index (Phi) is 7.35. The number of sulfonamides is 1. The Morgan fingerprint density at radius 1 is 1.07 bits per heavy atom. The van der Waals surface area contributed by atoms with Crippen LogP contribution in [0.1, 0.15) is 12.5 Å². The zero-order chi connectivity index (χ0) is 19.9. The second-order valence-electron chi connectivity index (χ2n) is 5.67. The number of rotatable bonds is 8. The van der Waals surface area contributed by atoms with Crippen LogP contribution in [0.2, 0.25) is 5.02 Å². The molecule has 0 aromatic heterocycles. The fourth-order valence-corrected chi connectivity index (χ4v) is 3.39. The summed E-state index contributed by atoms with van der Waals surface area (Å²) in [5.74, 6) is -1.35. The monoisotopic (exact) mass is 410 g/mol. The third-order valence-electron chi connectivity index (χ3n) is 3.49. The summed E-state index contributed by atoms with van der Waals surface area (Å²) >= 11 is 5.73. The molecule has 0 unspecified atom stereocenters. The number of benzene rings is 2. The van der Waals surface area contributed by atoms with Gasteiger partial charge in [0.05, 0.1) is 4.90 Å². The first-order chi connectivity index (χ1) is 12.8. The van der Waals surface area contributed by atoms with E-state index in [-0.39, 0.29) is 4.90 Å². The van der Waals surface area contributed by atoms with Crippen molar-refractivity contribution < 1.29 is 22.7 Å². The third kappa shape index (κ3) is 6.67. The molecule has 0 aliphatic heterocycles. The lowest BCUT2D eigenvalue weighted by Gasteiger charge is -2.14. The Balaban J connectivity index is 1.81. The van der Waals surface area contributed by atoms with E-state index in [2.05, 4.69) is 10.0 Å². The topological polar surface area (TPSA) is 102 Å². The summed E-state index contributed by atoms with van der Waals surface area (Å²) in [6.45, 7) is 1.13. The van der Waals surface area contributed by atoms with Crippen molar-refractivity contribution >= 4 is 33.5 Å². The highest BCUT2D eigenvalue weighted by molar-refractivity contribution is 7.89. The van der Waals surface area contributed by atoms with Gasteiger partial charge >= 0.3 is 5.97 Å². The molecule has 0 fully saturated rings. The number of esters is 1. The highest BCUT2D eigenvalue weighted by atomic mass is 35.5. The Hall–Kier alpha value is -2.42. The van der Waals surface area contributed by atoms with Gasteiger partial charge in [-0.15, -0.1) is 0 Å². The Morgan fingerprint density at radius 3 is 2.33 bits per heavy atom. The first-order valence-electron chi connectivity index (χ1n) is 8.03. The van der Waals surface area contributed by atoms with Gasteiger partial charge in [-0.1, -0.05) is 41.9 Å². The molecule has 27 heavy (non-hydrogen) atoms. The molecule has 0 aliphatic rings. The van der Waals surface area contributed by atoms with Crippen LogP contribution in [0, 0.1) is 0 Å². The van der Waals surface area contributed by atoms with E-state index in [4.69, 9.17) is 16.3 Å². The van der Waals surface area contributed by atoms with Gasteiger partial charge in [0.15, 0.2) is 6.61 Å². The number of hydrogen-bond acceptors (Lipinski definition) is 5. The van der Waals surface area contributed by atoms with Gasteiger partial charge in [-0.25, -0.2) is 8.42 Å². The zero-order valence-corrected chi connectivity index (χ0v) is 16.1.